The molecule has 0 unspecified atom stereocenters. The van der Waals surface area contributed by atoms with Crippen molar-refractivity contribution in [3.05, 3.63) is 69.2 Å². The maximum atomic E-state index is 12.0. The molecule has 1 N–H and O–H groups in total. The molecule has 2 rings (SSSR count). The Hall–Kier alpha value is -2.93. The molecule has 1 atom stereocenters. The summed E-state index contributed by atoms with van der Waals surface area (Å²) < 4.78 is 5.03. The zero-order valence-electron chi connectivity index (χ0n) is 12.6. The van der Waals surface area contributed by atoms with Crippen LogP contribution in [-0.4, -0.2) is 22.9 Å². The van der Waals surface area contributed by atoms with Crippen LogP contribution in [-0.2, 0) is 9.53 Å². The van der Waals surface area contributed by atoms with Crippen LogP contribution in [0.3, 0.4) is 0 Å². The van der Waals surface area contributed by atoms with E-state index in [1.165, 1.54) is 19.1 Å². The highest BCUT2D eigenvalue weighted by Crippen LogP contribution is 2.25. The minimum Gasteiger partial charge on any atom is -0.449 e. The fourth-order valence-corrected chi connectivity index (χ4v) is 2.01. The van der Waals surface area contributed by atoms with Gasteiger partial charge in [-0.1, -0.05) is 29.8 Å². The van der Waals surface area contributed by atoms with Crippen LogP contribution in [0.5, 0.6) is 0 Å². The van der Waals surface area contributed by atoms with Crippen molar-refractivity contribution in [3.8, 4) is 0 Å². The normalized spacial score (nSPS) is 11.4. The van der Waals surface area contributed by atoms with Gasteiger partial charge in [-0.3, -0.25) is 14.9 Å². The second kappa shape index (κ2) is 7.56. The molecule has 0 spiro atoms. The van der Waals surface area contributed by atoms with Crippen molar-refractivity contribution in [2.75, 3.05) is 5.32 Å². The average Bonchev–Trinajstić information content (AvgIpc) is 2.55. The van der Waals surface area contributed by atoms with Crippen LogP contribution in [0.1, 0.15) is 17.3 Å². The second-order valence-corrected chi connectivity index (χ2v) is 5.23. The molecule has 2 aromatic carbocycles. The predicted molar refractivity (Wildman–Crippen MR) is 88.1 cm³/mol. The van der Waals surface area contributed by atoms with Crippen molar-refractivity contribution < 1.29 is 19.2 Å². The van der Waals surface area contributed by atoms with Gasteiger partial charge in [0.05, 0.1) is 10.5 Å². The second-order valence-electron chi connectivity index (χ2n) is 4.83. The molecule has 0 saturated carbocycles. The molecule has 0 aliphatic heterocycles. The van der Waals surface area contributed by atoms with Gasteiger partial charge in [0.2, 0.25) is 0 Å². The Labute approximate surface area is 142 Å². The molecule has 0 aromatic heterocycles. The first-order valence-corrected chi connectivity index (χ1v) is 7.27. The number of anilines is 1. The van der Waals surface area contributed by atoms with Crippen molar-refractivity contribution >= 4 is 34.9 Å². The fraction of sp³-hybridized carbons (Fsp3) is 0.125. The number of nitro groups is 1. The van der Waals surface area contributed by atoms with Gasteiger partial charge < -0.3 is 10.1 Å². The highest BCUT2D eigenvalue weighted by Gasteiger charge is 2.22. The quantitative estimate of drug-likeness (QED) is 0.507. The molecule has 0 aliphatic rings. The third-order valence-corrected chi connectivity index (χ3v) is 3.39. The first-order chi connectivity index (χ1) is 11.4. The van der Waals surface area contributed by atoms with Crippen LogP contribution >= 0.6 is 11.6 Å². The number of nitrogens with one attached hydrogen (secondary N) is 1. The lowest BCUT2D eigenvalue weighted by molar-refractivity contribution is -0.384. The van der Waals surface area contributed by atoms with E-state index < -0.39 is 28.6 Å². The number of ether oxygens (including phenoxy) is 1. The lowest BCUT2D eigenvalue weighted by Crippen LogP contribution is -2.30. The topological polar surface area (TPSA) is 98.5 Å². The number of halogens is 1. The maximum absolute atomic E-state index is 12.0. The van der Waals surface area contributed by atoms with Gasteiger partial charge in [0.15, 0.2) is 6.10 Å². The van der Waals surface area contributed by atoms with E-state index in [4.69, 9.17) is 16.3 Å². The van der Waals surface area contributed by atoms with E-state index in [1.54, 1.807) is 30.3 Å². The summed E-state index contributed by atoms with van der Waals surface area (Å²) in [6.07, 6.45) is -1.08. The van der Waals surface area contributed by atoms with Crippen LogP contribution in [0.2, 0.25) is 5.02 Å². The average molecular weight is 349 g/mol. The SMILES string of the molecule is C[C@H](OC(=O)c1ccc(Cl)c([N+](=O)[O-])c1)C(=O)Nc1ccccc1. The van der Waals surface area contributed by atoms with Crippen LogP contribution in [0.15, 0.2) is 48.5 Å². The smallest absolute Gasteiger partial charge is 0.339 e. The van der Waals surface area contributed by atoms with Crippen molar-refractivity contribution in [3.63, 3.8) is 0 Å². The predicted octanol–water partition coefficient (Wildman–Crippen LogP) is 3.43. The standard InChI is InChI=1S/C16H13ClN2O5/c1-10(15(20)18-12-5-3-2-4-6-12)24-16(21)11-7-8-13(17)14(9-11)19(22)23/h2-10H,1H3,(H,18,20)/t10-/m0/s1. The monoisotopic (exact) mass is 348 g/mol. The van der Waals surface area contributed by atoms with Crippen molar-refractivity contribution in [2.24, 2.45) is 0 Å². The van der Waals surface area contributed by atoms with Gasteiger partial charge in [-0.05, 0) is 31.2 Å². The summed E-state index contributed by atoms with van der Waals surface area (Å²) >= 11 is 5.68. The number of carbonyl (C=O) groups excluding carboxylic acids is 2. The summed E-state index contributed by atoms with van der Waals surface area (Å²) in [6, 6.07) is 12.2. The number of carbonyl (C=O) groups is 2. The van der Waals surface area contributed by atoms with E-state index in [-0.39, 0.29) is 10.6 Å². The number of hydrogen-bond acceptors (Lipinski definition) is 5. The number of amides is 1. The van der Waals surface area contributed by atoms with Gasteiger partial charge in [-0.2, -0.15) is 0 Å². The van der Waals surface area contributed by atoms with E-state index in [2.05, 4.69) is 5.32 Å². The zero-order chi connectivity index (χ0) is 17.7. The Kier molecular flexibility index (Phi) is 5.49. The number of esters is 1. The van der Waals surface area contributed by atoms with Gasteiger partial charge in [0.1, 0.15) is 5.02 Å². The third kappa shape index (κ3) is 4.30. The van der Waals surface area contributed by atoms with Gasteiger partial charge >= 0.3 is 5.97 Å². The van der Waals surface area contributed by atoms with Crippen molar-refractivity contribution in [1.29, 1.82) is 0 Å². The largest absolute Gasteiger partial charge is 0.449 e. The number of nitro benzene ring substituents is 1. The first-order valence-electron chi connectivity index (χ1n) is 6.89. The molecule has 0 radical (unpaired) electrons. The Morgan fingerprint density at radius 2 is 1.88 bits per heavy atom. The molecule has 0 bridgehead atoms. The first kappa shape index (κ1) is 17.4. The summed E-state index contributed by atoms with van der Waals surface area (Å²) in [4.78, 5) is 34.2. The molecule has 124 valence electrons. The molecule has 24 heavy (non-hydrogen) atoms. The number of hydrogen-bond donors (Lipinski definition) is 1. The number of para-hydroxylation sites is 1. The molecular weight excluding hydrogens is 336 g/mol. The zero-order valence-corrected chi connectivity index (χ0v) is 13.3. The summed E-state index contributed by atoms with van der Waals surface area (Å²) in [6.45, 7) is 1.40. The van der Waals surface area contributed by atoms with E-state index >= 15 is 0 Å². The van der Waals surface area contributed by atoms with Crippen LogP contribution in [0.25, 0.3) is 0 Å². The summed E-state index contributed by atoms with van der Waals surface area (Å²) in [7, 11) is 0. The Morgan fingerprint density at radius 3 is 2.50 bits per heavy atom. The Morgan fingerprint density at radius 1 is 1.21 bits per heavy atom. The summed E-state index contributed by atoms with van der Waals surface area (Å²) in [5.41, 5.74) is 0.0884. The van der Waals surface area contributed by atoms with Crippen LogP contribution < -0.4 is 5.32 Å². The summed E-state index contributed by atoms with van der Waals surface area (Å²) in [5, 5.41) is 13.3. The van der Waals surface area contributed by atoms with Crippen LogP contribution in [0.4, 0.5) is 11.4 Å². The van der Waals surface area contributed by atoms with E-state index in [0.717, 1.165) is 6.07 Å². The van der Waals surface area contributed by atoms with Gasteiger partial charge in [0, 0.05) is 11.8 Å². The van der Waals surface area contributed by atoms with Gasteiger partial charge in [-0.25, -0.2) is 4.79 Å². The molecule has 0 saturated heterocycles. The molecule has 8 heteroatoms. The molecule has 2 aromatic rings. The number of rotatable bonds is 5. The number of benzene rings is 2. The minimum absolute atomic E-state index is 0.0644. The maximum Gasteiger partial charge on any atom is 0.339 e. The highest BCUT2D eigenvalue weighted by molar-refractivity contribution is 6.32. The fourth-order valence-electron chi connectivity index (χ4n) is 1.83. The van der Waals surface area contributed by atoms with Gasteiger partial charge in [0.25, 0.3) is 11.6 Å². The third-order valence-electron chi connectivity index (χ3n) is 3.07. The van der Waals surface area contributed by atoms with Crippen molar-refractivity contribution in [2.45, 2.75) is 13.0 Å². The molecule has 0 fully saturated rings. The molecule has 0 aliphatic carbocycles. The Balaban J connectivity index is 2.04. The molecular formula is C16H13ClN2O5. The molecule has 7 nitrogen and oxygen atoms in total. The summed E-state index contributed by atoms with van der Waals surface area (Å²) in [5.74, 6) is -1.37. The van der Waals surface area contributed by atoms with E-state index in [9.17, 15) is 19.7 Å². The molecule has 1 amide bonds. The minimum atomic E-state index is -1.08. The number of nitrogens with zero attached hydrogens (tertiary/aromatic N) is 1. The van der Waals surface area contributed by atoms with E-state index in [0.29, 0.717) is 5.69 Å². The van der Waals surface area contributed by atoms with E-state index in [1.807, 2.05) is 0 Å². The van der Waals surface area contributed by atoms with Crippen molar-refractivity contribution in [1.82, 2.24) is 0 Å². The van der Waals surface area contributed by atoms with Gasteiger partial charge in [-0.15, -0.1) is 0 Å². The highest BCUT2D eigenvalue weighted by atomic mass is 35.5. The van der Waals surface area contributed by atoms with Crippen LogP contribution in [0, 0.1) is 10.1 Å². The lowest BCUT2D eigenvalue weighted by atomic mass is 10.2. The lowest BCUT2D eigenvalue weighted by Gasteiger charge is -2.13. The Bertz CT molecular complexity index is 779. The molecule has 0 heterocycles.